The Bertz CT molecular complexity index is 1570. The van der Waals surface area contributed by atoms with Crippen LogP contribution in [0.2, 0.25) is 0 Å². The fourth-order valence-electron chi connectivity index (χ4n) is 9.53. The van der Waals surface area contributed by atoms with E-state index in [1.807, 2.05) is 65.0 Å². The van der Waals surface area contributed by atoms with Crippen molar-refractivity contribution in [1.29, 1.82) is 0 Å². The standard InChI is InChI=1S/C49H77NO10/c1-31-14-9-8-10-15-32(2)42(52)27-40-22-19-37(7)49(58,60-40)30-47(56)50-23-12-11-18-41(50)48(57)59-46(36(6)26-38-16-13-17-39(51)21-20-38)29-45(55)35(5)25-34(4)44(54)28-43(53)33(3)24-31/h8-10,14-15,25,31,33,35-42,44,46,51-52,54,58H,11-13,16-24,26-30H2,1-7H3/b10-8+,14-9+,32-15+,34-25+/t31-,33-,35-,36-,37-,38-,39?,40+,41+,42+,44+,46+,49+/m1/s1. The molecule has 3 heterocycles. The number of carbonyl (C=O) groups is 4. The van der Waals surface area contributed by atoms with Crippen LogP contribution in [0.25, 0.3) is 0 Å². The van der Waals surface area contributed by atoms with Crippen molar-refractivity contribution in [2.24, 2.45) is 35.5 Å². The van der Waals surface area contributed by atoms with Crippen molar-refractivity contribution < 1.29 is 49.1 Å². The lowest BCUT2D eigenvalue weighted by Gasteiger charge is -2.44. The number of nitrogens with zero attached hydrogens (tertiary/aromatic N) is 1. The van der Waals surface area contributed by atoms with E-state index in [9.17, 15) is 39.6 Å². The lowest BCUT2D eigenvalue weighted by Crippen LogP contribution is -2.54. The second kappa shape index (κ2) is 23.5. The van der Waals surface area contributed by atoms with Crippen LogP contribution in [0.4, 0.5) is 0 Å². The second-order valence-electron chi connectivity index (χ2n) is 19.2. The number of hydrogen-bond donors (Lipinski definition) is 4. The number of ether oxygens (including phenoxy) is 2. The van der Waals surface area contributed by atoms with Gasteiger partial charge in [0.15, 0.2) is 5.79 Å². The Hall–Kier alpha value is -2.96. The van der Waals surface area contributed by atoms with E-state index in [1.165, 1.54) is 4.90 Å². The first-order valence-corrected chi connectivity index (χ1v) is 23.1. The molecule has 0 aromatic heterocycles. The van der Waals surface area contributed by atoms with Gasteiger partial charge in [-0.1, -0.05) is 83.9 Å². The number of rotatable bonds is 3. The van der Waals surface area contributed by atoms with Gasteiger partial charge in [0.2, 0.25) is 5.91 Å². The molecule has 1 amide bonds. The van der Waals surface area contributed by atoms with Crippen LogP contribution in [0.3, 0.4) is 0 Å². The number of aliphatic hydroxyl groups excluding tert-OH is 3. The van der Waals surface area contributed by atoms with E-state index < -0.39 is 54.0 Å². The maximum absolute atomic E-state index is 14.2. The molecule has 2 bridgehead atoms. The van der Waals surface area contributed by atoms with E-state index in [2.05, 4.69) is 0 Å². The molecule has 0 spiro atoms. The smallest absolute Gasteiger partial charge is 0.329 e. The predicted molar refractivity (Wildman–Crippen MR) is 232 cm³/mol. The van der Waals surface area contributed by atoms with Crippen molar-refractivity contribution in [2.75, 3.05) is 6.54 Å². The summed E-state index contributed by atoms with van der Waals surface area (Å²) in [5.41, 5.74) is 1.26. The molecule has 1 aliphatic carbocycles. The van der Waals surface area contributed by atoms with Gasteiger partial charge in [-0.15, -0.1) is 0 Å². The zero-order chi connectivity index (χ0) is 44.1. The molecule has 2 saturated heterocycles. The summed E-state index contributed by atoms with van der Waals surface area (Å²) in [6, 6.07) is -0.881. The Kier molecular flexibility index (Phi) is 19.4. The average molecular weight is 840 g/mol. The van der Waals surface area contributed by atoms with Crippen LogP contribution in [0.1, 0.15) is 151 Å². The van der Waals surface area contributed by atoms with Crippen molar-refractivity contribution in [1.82, 2.24) is 4.90 Å². The molecule has 0 radical (unpaired) electrons. The maximum Gasteiger partial charge on any atom is 0.329 e. The number of amides is 1. The third-order valence-corrected chi connectivity index (χ3v) is 13.9. The fraction of sp³-hybridized carbons (Fsp3) is 0.755. The summed E-state index contributed by atoms with van der Waals surface area (Å²) in [4.78, 5) is 57.0. The molecule has 0 aromatic carbocycles. The SMILES string of the molecule is C/C1=C\[C@@H](C)C(=O)C[C@@H]([C@H](C)C[C@@H]2CCCC(O)CC2)OC(=O)[C@@H]2CCCCN2C(=O)C[C@]2(O)O[C@@H](CC[C@H]2C)C[C@H](O)/C(C)=C/C=C/C=C/[C@@H](C)C[C@@H](C)C(=O)C[C@@H]1O. The molecule has 338 valence electrons. The van der Waals surface area contributed by atoms with Crippen LogP contribution in [0, 0.1) is 35.5 Å². The van der Waals surface area contributed by atoms with E-state index in [0.717, 1.165) is 31.3 Å². The molecule has 11 nitrogen and oxygen atoms in total. The van der Waals surface area contributed by atoms with E-state index in [-0.39, 0.29) is 67.0 Å². The first-order valence-electron chi connectivity index (χ1n) is 23.1. The highest BCUT2D eigenvalue weighted by molar-refractivity contribution is 5.86. The highest BCUT2D eigenvalue weighted by Crippen LogP contribution is 2.38. The highest BCUT2D eigenvalue weighted by Gasteiger charge is 2.46. The van der Waals surface area contributed by atoms with Gasteiger partial charge in [0.05, 0.1) is 30.8 Å². The topological polar surface area (TPSA) is 171 Å². The molecule has 3 fully saturated rings. The summed E-state index contributed by atoms with van der Waals surface area (Å²) in [7, 11) is 0. The van der Waals surface area contributed by atoms with Crippen LogP contribution in [0.5, 0.6) is 0 Å². The fourth-order valence-corrected chi connectivity index (χ4v) is 9.53. The van der Waals surface area contributed by atoms with E-state index in [1.54, 1.807) is 19.9 Å². The largest absolute Gasteiger partial charge is 0.460 e. The van der Waals surface area contributed by atoms with Gasteiger partial charge in [-0.3, -0.25) is 14.4 Å². The molecule has 4 aliphatic rings. The first-order chi connectivity index (χ1) is 28.4. The van der Waals surface area contributed by atoms with Crippen LogP contribution in [-0.4, -0.2) is 97.7 Å². The lowest BCUT2D eigenvalue weighted by molar-refractivity contribution is -0.283. The summed E-state index contributed by atoms with van der Waals surface area (Å²) in [5, 5.41) is 44.3. The van der Waals surface area contributed by atoms with Crippen molar-refractivity contribution in [3.63, 3.8) is 0 Å². The number of allylic oxidation sites excluding steroid dienone is 6. The zero-order valence-electron chi connectivity index (χ0n) is 37.6. The van der Waals surface area contributed by atoms with Gasteiger partial charge < -0.3 is 34.8 Å². The number of ketones is 2. The molecule has 4 N–H and O–H groups in total. The molecular weight excluding hydrogens is 763 g/mol. The van der Waals surface area contributed by atoms with Gasteiger partial charge >= 0.3 is 5.97 Å². The number of carbonyl (C=O) groups excluding carboxylic acids is 4. The minimum absolute atomic E-state index is 0.0481. The van der Waals surface area contributed by atoms with Crippen molar-refractivity contribution in [2.45, 2.75) is 194 Å². The van der Waals surface area contributed by atoms with Crippen LogP contribution >= 0.6 is 0 Å². The number of aliphatic hydroxyl groups is 4. The summed E-state index contributed by atoms with van der Waals surface area (Å²) < 4.78 is 12.6. The Morgan fingerprint density at radius 1 is 0.800 bits per heavy atom. The van der Waals surface area contributed by atoms with E-state index >= 15 is 0 Å². The van der Waals surface area contributed by atoms with Crippen molar-refractivity contribution in [3.8, 4) is 0 Å². The zero-order valence-corrected chi connectivity index (χ0v) is 37.6. The quantitative estimate of drug-likeness (QED) is 0.127. The normalized spacial score (nSPS) is 40.5. The molecule has 60 heavy (non-hydrogen) atoms. The summed E-state index contributed by atoms with van der Waals surface area (Å²) in [6.45, 7) is 13.4. The minimum atomic E-state index is -1.78. The summed E-state index contributed by atoms with van der Waals surface area (Å²) in [5.74, 6) is -4.00. The van der Waals surface area contributed by atoms with Gasteiger partial charge in [0.25, 0.3) is 0 Å². The summed E-state index contributed by atoms with van der Waals surface area (Å²) >= 11 is 0. The molecule has 0 aromatic rings. The number of cyclic esters (lactones) is 1. The van der Waals surface area contributed by atoms with Gasteiger partial charge in [-0.2, -0.15) is 0 Å². The summed E-state index contributed by atoms with van der Waals surface area (Å²) in [6.07, 6.45) is 16.1. The molecule has 13 atom stereocenters. The molecule has 11 heteroatoms. The maximum atomic E-state index is 14.2. The molecular formula is C49H77NO10. The number of Topliss-reactive ketones (excluding diaryl/α,β-unsaturated/α-hetero) is 2. The van der Waals surface area contributed by atoms with E-state index in [4.69, 9.17) is 9.47 Å². The number of piperidine rings is 1. The Morgan fingerprint density at radius 3 is 2.30 bits per heavy atom. The average Bonchev–Trinajstić information content (AvgIpc) is 3.41. The van der Waals surface area contributed by atoms with Crippen molar-refractivity contribution >= 4 is 23.4 Å². The predicted octanol–water partition coefficient (Wildman–Crippen LogP) is 7.49. The molecule has 4 rings (SSSR count). The first kappa shape index (κ1) is 49.7. The number of fused-ring (bicyclic) bond motifs is 3. The van der Waals surface area contributed by atoms with Crippen LogP contribution < -0.4 is 0 Å². The van der Waals surface area contributed by atoms with E-state index in [0.29, 0.717) is 69.4 Å². The van der Waals surface area contributed by atoms with Gasteiger partial charge in [0, 0.05) is 43.6 Å². The van der Waals surface area contributed by atoms with Gasteiger partial charge in [-0.25, -0.2) is 4.79 Å². The monoisotopic (exact) mass is 840 g/mol. The Labute approximate surface area is 359 Å². The molecule has 1 unspecified atom stereocenters. The third-order valence-electron chi connectivity index (χ3n) is 13.9. The van der Waals surface area contributed by atoms with Crippen LogP contribution in [-0.2, 0) is 28.7 Å². The second-order valence-corrected chi connectivity index (χ2v) is 19.2. The van der Waals surface area contributed by atoms with Crippen molar-refractivity contribution in [3.05, 3.63) is 47.6 Å². The number of hydrogen-bond acceptors (Lipinski definition) is 10. The highest BCUT2D eigenvalue weighted by atomic mass is 16.6. The number of esters is 1. The molecule has 1 saturated carbocycles. The van der Waals surface area contributed by atoms with Crippen LogP contribution in [0.15, 0.2) is 47.6 Å². The minimum Gasteiger partial charge on any atom is -0.460 e. The third kappa shape index (κ3) is 14.8. The lowest BCUT2D eigenvalue weighted by atomic mass is 9.84. The Morgan fingerprint density at radius 2 is 1.55 bits per heavy atom. The van der Waals surface area contributed by atoms with Gasteiger partial charge in [0.1, 0.15) is 23.7 Å². The molecule has 3 aliphatic heterocycles. The van der Waals surface area contributed by atoms with Gasteiger partial charge in [-0.05, 0) is 107 Å². The Balaban J connectivity index is 1.62.